The molecule has 7 aromatic carbocycles. The summed E-state index contributed by atoms with van der Waals surface area (Å²) in [6.45, 7) is -2.47. The Balaban J connectivity index is 0.00000436. The molecule has 9 aromatic rings. The quantitative estimate of drug-likeness (QED) is 0.0909. The summed E-state index contributed by atoms with van der Waals surface area (Å²) in [6.07, 6.45) is 1.87. The number of benzene rings is 7. The van der Waals surface area contributed by atoms with E-state index in [-0.39, 0.29) is 21.1 Å². The molecule has 0 atom stereocenters. The second kappa shape index (κ2) is 14.2. The summed E-state index contributed by atoms with van der Waals surface area (Å²) in [5.74, 6) is 0.794. The zero-order valence-corrected chi connectivity index (χ0v) is 31.7. The van der Waals surface area contributed by atoms with Gasteiger partial charge in [0.05, 0.1) is 11.1 Å². The summed E-state index contributed by atoms with van der Waals surface area (Å²) in [4.78, 5) is 9.58. The van der Waals surface area contributed by atoms with Crippen molar-refractivity contribution in [3.05, 3.63) is 223 Å². The maximum atomic E-state index is 8.25. The predicted molar refractivity (Wildman–Crippen MR) is 219 cm³/mol. The van der Waals surface area contributed by atoms with Crippen LogP contribution in [0.5, 0.6) is 0 Å². The van der Waals surface area contributed by atoms with Crippen LogP contribution in [0.15, 0.2) is 188 Å². The van der Waals surface area contributed by atoms with Gasteiger partial charge in [-0.2, -0.15) is 35.3 Å². The standard InChI is InChI=1S/C49H34N4O.Pt/c1-51-45-26-13-14-27-46(45)53(54-51)41-23-15-22-39(33-41)49(37-18-7-3-8-19-37,38-20-9-4-10-21-38)40-28-29-43-42-24-11-12-25-44(42)52(47(43)34-40)48-32-36(30-31-50-48)35-16-5-2-6-17-35;/h2-32H,1H3;/q-2;/p+1/i1D3;. The van der Waals surface area contributed by atoms with Gasteiger partial charge in [-0.25, -0.2) is 4.98 Å². The van der Waals surface area contributed by atoms with E-state index in [4.69, 9.17) is 9.10 Å². The first-order valence-electron chi connectivity index (χ1n) is 19.4. The summed E-state index contributed by atoms with van der Waals surface area (Å²) in [6, 6.07) is 69.4. The Hall–Kier alpha value is -6.26. The molecule has 2 aromatic heterocycles. The smallest absolute Gasteiger partial charge is 0.145 e. The van der Waals surface area contributed by atoms with E-state index in [9.17, 15) is 0 Å². The van der Waals surface area contributed by atoms with E-state index < -0.39 is 12.4 Å². The number of aromatic nitrogens is 2. The van der Waals surface area contributed by atoms with E-state index in [0.717, 1.165) is 66.1 Å². The van der Waals surface area contributed by atoms with Crippen molar-refractivity contribution in [1.82, 2.24) is 9.55 Å². The molecule has 0 saturated carbocycles. The first kappa shape index (κ1) is 31.1. The number of nitrogens with zero attached hydrogens (tertiary/aromatic N) is 4. The van der Waals surface area contributed by atoms with Crippen LogP contribution in [0.3, 0.4) is 0 Å². The van der Waals surface area contributed by atoms with Crippen LogP contribution in [0.25, 0.3) is 38.8 Å². The molecule has 10 rings (SSSR count). The van der Waals surface area contributed by atoms with Crippen LogP contribution >= 0.6 is 0 Å². The van der Waals surface area contributed by atoms with Gasteiger partial charge in [-0.1, -0.05) is 127 Å². The third-order valence-corrected chi connectivity index (χ3v) is 10.4. The molecule has 0 saturated heterocycles. The van der Waals surface area contributed by atoms with E-state index in [1.165, 1.54) is 0 Å². The molecule has 0 aliphatic carbocycles. The van der Waals surface area contributed by atoms with Gasteiger partial charge in [0.2, 0.25) is 0 Å². The molecule has 6 heteroatoms. The molecule has 0 spiro atoms. The molecule has 5 nitrogen and oxygen atoms in total. The maximum Gasteiger partial charge on any atom is 0.145 e. The fourth-order valence-electron chi connectivity index (χ4n) is 8.00. The minimum atomic E-state index is -2.47. The van der Waals surface area contributed by atoms with Crippen LogP contribution in [-0.2, 0) is 26.5 Å². The molecule has 0 fully saturated rings. The van der Waals surface area contributed by atoms with E-state index in [1.807, 2.05) is 60.8 Å². The van der Waals surface area contributed by atoms with Gasteiger partial charge in [0.15, 0.2) is 0 Å². The fraction of sp³-hybridized carbons (Fsp3) is 0.0408. The summed E-state index contributed by atoms with van der Waals surface area (Å²) < 4.78 is 27.0. The summed E-state index contributed by atoms with van der Waals surface area (Å²) in [7, 11) is 0. The average molecular weight is 894 g/mol. The van der Waals surface area contributed by atoms with E-state index >= 15 is 0 Å². The molecule has 55 heavy (non-hydrogen) atoms. The number of fused-ring (bicyclic) bond motifs is 4. The molecule has 0 unspecified atom stereocenters. The van der Waals surface area contributed by atoms with Crippen LogP contribution in [0.1, 0.15) is 26.4 Å². The topological polar surface area (TPSA) is 37.1 Å². The summed E-state index contributed by atoms with van der Waals surface area (Å²) in [5.41, 5.74) is 8.78. The van der Waals surface area contributed by atoms with Crippen molar-refractivity contribution in [2.75, 3.05) is 17.1 Å². The molecule has 0 radical (unpaired) electrons. The van der Waals surface area contributed by atoms with Gasteiger partial charge >= 0.3 is 0 Å². The molecule has 1 aliphatic heterocycles. The van der Waals surface area contributed by atoms with Crippen molar-refractivity contribution in [1.29, 1.82) is 0 Å². The Bertz CT molecular complexity index is 2860. The number of para-hydroxylation sites is 3. The van der Waals surface area contributed by atoms with Crippen molar-refractivity contribution in [2.45, 2.75) is 5.41 Å². The second-order valence-corrected chi connectivity index (χ2v) is 13.4. The molecule has 1 aliphatic rings. The van der Waals surface area contributed by atoms with Crippen molar-refractivity contribution in [3.8, 4) is 16.9 Å². The van der Waals surface area contributed by atoms with Crippen molar-refractivity contribution in [3.63, 3.8) is 0 Å². The zero-order chi connectivity index (χ0) is 38.6. The van der Waals surface area contributed by atoms with Crippen LogP contribution in [0.4, 0.5) is 17.1 Å². The molecule has 0 bridgehead atoms. The SMILES string of the molecule is [2H]C([2H])([2H])N1[OH+]N(c2[c-]c(C(c3[c-]c4c(cc3)c3ccccc3n4-c3cc(-c4ccccc4)ccn3)(c3ccccc3)c3ccccc3)ccc2)c2ccccc21.[Pt]. The molecule has 0 amide bonds. The van der Waals surface area contributed by atoms with E-state index in [2.05, 4.69) is 143 Å². The first-order chi connectivity index (χ1) is 27.9. The maximum absolute atomic E-state index is 8.25. The number of hydrogen-bond acceptors (Lipinski definition) is 3. The molecular formula is C49H35N4OPt-. The van der Waals surface area contributed by atoms with Crippen LogP contribution in [0.2, 0.25) is 0 Å². The molecular weight excluding hydrogens is 856 g/mol. The Morgan fingerprint density at radius 2 is 1.24 bits per heavy atom. The Morgan fingerprint density at radius 1 is 0.582 bits per heavy atom. The monoisotopic (exact) mass is 893 g/mol. The largest absolute Gasteiger partial charge is 0.319 e. The predicted octanol–water partition coefficient (Wildman–Crippen LogP) is 11.3. The van der Waals surface area contributed by atoms with Crippen LogP contribution in [0, 0.1) is 12.1 Å². The van der Waals surface area contributed by atoms with E-state index in [0.29, 0.717) is 17.1 Å². The Morgan fingerprint density at radius 3 is 1.98 bits per heavy atom. The van der Waals surface area contributed by atoms with Gasteiger partial charge in [-0.05, 0) is 58.0 Å². The number of hydrogen-bond donors (Lipinski definition) is 0. The van der Waals surface area contributed by atoms with Crippen LogP contribution < -0.4 is 10.1 Å². The number of anilines is 3. The fourth-order valence-corrected chi connectivity index (χ4v) is 8.00. The third-order valence-electron chi connectivity index (χ3n) is 10.4. The minimum Gasteiger partial charge on any atom is -0.319 e. The van der Waals surface area contributed by atoms with Crippen LogP contribution in [-0.4, -0.2) is 21.5 Å². The van der Waals surface area contributed by atoms with Gasteiger partial charge in [0.25, 0.3) is 0 Å². The van der Waals surface area contributed by atoms with Gasteiger partial charge in [-0.15, -0.1) is 38.8 Å². The molecule has 1 N–H and O–H groups in total. The normalized spacial score (nSPS) is 13.6. The van der Waals surface area contributed by atoms with Crippen molar-refractivity contribution in [2.24, 2.45) is 0 Å². The van der Waals surface area contributed by atoms with Crippen molar-refractivity contribution < 1.29 is 30.1 Å². The Labute approximate surface area is 339 Å². The number of rotatable bonds is 7. The summed E-state index contributed by atoms with van der Waals surface area (Å²) in [5, 5.41) is 4.94. The third kappa shape index (κ3) is 5.67. The van der Waals surface area contributed by atoms with E-state index in [1.54, 1.807) is 11.1 Å². The van der Waals surface area contributed by atoms with Crippen molar-refractivity contribution >= 4 is 38.9 Å². The molecule has 3 heterocycles. The Kier molecular flexibility index (Phi) is 8.03. The minimum absolute atomic E-state index is 0. The number of pyridine rings is 1. The summed E-state index contributed by atoms with van der Waals surface area (Å²) >= 11 is 0. The molecule has 268 valence electrons. The first-order valence-corrected chi connectivity index (χ1v) is 17.9. The zero-order valence-electron chi connectivity index (χ0n) is 32.5. The second-order valence-electron chi connectivity index (χ2n) is 13.4. The van der Waals surface area contributed by atoms with Gasteiger partial charge in [0.1, 0.15) is 17.2 Å². The van der Waals surface area contributed by atoms with Gasteiger partial charge < -0.3 is 4.57 Å². The van der Waals surface area contributed by atoms with Gasteiger partial charge in [0, 0.05) is 43.9 Å². The average Bonchev–Trinajstić information content (AvgIpc) is 3.82. The number of hydroxylamine groups is 1. The van der Waals surface area contributed by atoms with Gasteiger partial charge in [-0.3, -0.25) is 0 Å².